The Bertz CT molecular complexity index is 499. The molecule has 1 aliphatic heterocycles. The number of rotatable bonds is 1. The number of hydrogen-bond donors (Lipinski definition) is 0. The van der Waals surface area contributed by atoms with Crippen molar-refractivity contribution in [3.63, 3.8) is 0 Å². The van der Waals surface area contributed by atoms with Gasteiger partial charge < -0.3 is 9.64 Å². The maximum atomic E-state index is 12.5. The van der Waals surface area contributed by atoms with Crippen LogP contribution in [-0.2, 0) is 11.2 Å². The number of nitrogens with zero attached hydrogens (tertiary/aromatic N) is 1. The van der Waals surface area contributed by atoms with Gasteiger partial charge in [0.25, 0.3) is 0 Å². The zero-order valence-electron chi connectivity index (χ0n) is 10.6. The van der Waals surface area contributed by atoms with Crippen LogP contribution in [0.1, 0.15) is 24.1 Å². The molecule has 1 aliphatic rings. The van der Waals surface area contributed by atoms with Crippen molar-refractivity contribution in [1.29, 1.82) is 0 Å². The lowest BCUT2D eigenvalue weighted by molar-refractivity contribution is -0.188. The van der Waals surface area contributed by atoms with Crippen LogP contribution in [0, 0.1) is 0 Å². The van der Waals surface area contributed by atoms with Gasteiger partial charge in [-0.3, -0.25) is 4.79 Å². The number of hydrogen-bond acceptors (Lipinski definition) is 2. The highest BCUT2D eigenvalue weighted by atomic mass is 19.4. The molecule has 0 spiro atoms. The summed E-state index contributed by atoms with van der Waals surface area (Å²) >= 11 is 0. The van der Waals surface area contributed by atoms with Gasteiger partial charge in [-0.05, 0) is 36.6 Å². The van der Waals surface area contributed by atoms with Crippen molar-refractivity contribution in [3.8, 4) is 5.75 Å². The minimum atomic E-state index is -4.83. The van der Waals surface area contributed by atoms with E-state index >= 15 is 0 Å². The molecule has 3 nitrogen and oxygen atoms in total. The number of fused-ring (bicyclic) bond motifs is 1. The molecule has 104 valence electrons. The summed E-state index contributed by atoms with van der Waals surface area (Å²) in [5.74, 6) is -1.21. The van der Waals surface area contributed by atoms with E-state index in [1.807, 2.05) is 6.07 Å². The number of halogens is 3. The molecule has 1 atom stereocenters. The Balaban J connectivity index is 2.33. The zero-order valence-corrected chi connectivity index (χ0v) is 10.6. The van der Waals surface area contributed by atoms with Gasteiger partial charge in [-0.15, -0.1) is 0 Å². The first-order chi connectivity index (χ1) is 8.84. The Morgan fingerprint density at radius 2 is 2.11 bits per heavy atom. The Morgan fingerprint density at radius 1 is 1.42 bits per heavy atom. The maximum Gasteiger partial charge on any atom is 0.471 e. The first-order valence-corrected chi connectivity index (χ1v) is 5.89. The summed E-state index contributed by atoms with van der Waals surface area (Å²) in [6.07, 6.45) is -4.41. The van der Waals surface area contributed by atoms with Crippen molar-refractivity contribution in [3.05, 3.63) is 29.3 Å². The van der Waals surface area contributed by atoms with Gasteiger partial charge in [0.1, 0.15) is 5.75 Å². The van der Waals surface area contributed by atoms with Crippen LogP contribution in [0.3, 0.4) is 0 Å². The Labute approximate surface area is 109 Å². The van der Waals surface area contributed by atoms with Gasteiger partial charge in [0, 0.05) is 6.54 Å². The number of ether oxygens (including phenoxy) is 1. The fraction of sp³-hybridized carbons (Fsp3) is 0.462. The predicted octanol–water partition coefficient (Wildman–Crippen LogP) is 2.70. The van der Waals surface area contributed by atoms with E-state index in [1.54, 1.807) is 19.1 Å². The fourth-order valence-corrected chi connectivity index (χ4v) is 2.36. The van der Waals surface area contributed by atoms with Crippen molar-refractivity contribution in [1.82, 2.24) is 4.90 Å². The van der Waals surface area contributed by atoms with Gasteiger partial charge >= 0.3 is 12.1 Å². The van der Waals surface area contributed by atoms with Crippen LogP contribution in [0.2, 0.25) is 0 Å². The van der Waals surface area contributed by atoms with Crippen molar-refractivity contribution in [2.45, 2.75) is 25.6 Å². The maximum absolute atomic E-state index is 12.5. The average molecular weight is 273 g/mol. The lowest BCUT2D eigenvalue weighted by Gasteiger charge is -2.35. The van der Waals surface area contributed by atoms with E-state index in [4.69, 9.17) is 4.74 Å². The molecule has 0 saturated carbocycles. The molecule has 1 amide bonds. The summed E-state index contributed by atoms with van der Waals surface area (Å²) in [5, 5.41) is 0. The van der Waals surface area contributed by atoms with Gasteiger partial charge in [-0.25, -0.2) is 0 Å². The van der Waals surface area contributed by atoms with E-state index in [0.29, 0.717) is 17.7 Å². The van der Waals surface area contributed by atoms with E-state index in [9.17, 15) is 18.0 Å². The van der Waals surface area contributed by atoms with Crippen LogP contribution < -0.4 is 4.74 Å². The Hall–Kier alpha value is -1.72. The third-order valence-electron chi connectivity index (χ3n) is 3.40. The molecular weight excluding hydrogens is 259 g/mol. The number of methoxy groups -OCH3 is 1. The minimum absolute atomic E-state index is 0.0822. The molecule has 0 aromatic heterocycles. The topological polar surface area (TPSA) is 29.5 Å². The van der Waals surface area contributed by atoms with Crippen molar-refractivity contribution < 1.29 is 22.7 Å². The molecule has 2 rings (SSSR count). The molecule has 1 unspecified atom stereocenters. The lowest BCUT2D eigenvalue weighted by Crippen LogP contribution is -2.45. The molecule has 0 bridgehead atoms. The molecule has 6 heteroatoms. The van der Waals surface area contributed by atoms with Crippen LogP contribution in [0.15, 0.2) is 18.2 Å². The van der Waals surface area contributed by atoms with E-state index in [1.165, 1.54) is 7.11 Å². The van der Waals surface area contributed by atoms with Crippen LogP contribution in [0.4, 0.5) is 13.2 Å². The largest absolute Gasteiger partial charge is 0.497 e. The molecule has 1 heterocycles. The van der Waals surface area contributed by atoms with E-state index in [0.717, 1.165) is 10.5 Å². The third-order valence-corrected chi connectivity index (χ3v) is 3.40. The van der Waals surface area contributed by atoms with Crippen LogP contribution in [-0.4, -0.2) is 30.6 Å². The Morgan fingerprint density at radius 3 is 2.68 bits per heavy atom. The number of benzene rings is 1. The van der Waals surface area contributed by atoms with E-state index < -0.39 is 18.1 Å². The average Bonchev–Trinajstić information content (AvgIpc) is 2.37. The van der Waals surface area contributed by atoms with E-state index in [-0.39, 0.29) is 6.54 Å². The minimum Gasteiger partial charge on any atom is -0.497 e. The summed E-state index contributed by atoms with van der Waals surface area (Å²) in [6.45, 7) is 1.68. The smallest absolute Gasteiger partial charge is 0.471 e. The van der Waals surface area contributed by atoms with E-state index in [2.05, 4.69) is 0 Å². The highest BCUT2D eigenvalue weighted by Gasteiger charge is 2.45. The van der Waals surface area contributed by atoms with Crippen LogP contribution in [0.5, 0.6) is 5.75 Å². The molecule has 19 heavy (non-hydrogen) atoms. The highest BCUT2D eigenvalue weighted by molar-refractivity contribution is 5.82. The Kier molecular flexibility index (Phi) is 3.43. The standard InChI is InChI=1S/C13H14F3NO2/c1-8-11-7-10(19-2)4-3-9(11)5-6-17(8)12(18)13(14,15)16/h3-4,7-8H,5-6H2,1-2H3. The summed E-state index contributed by atoms with van der Waals surface area (Å²) in [5.41, 5.74) is 1.67. The lowest BCUT2D eigenvalue weighted by atomic mass is 9.93. The second kappa shape index (κ2) is 4.75. The molecule has 0 fully saturated rings. The third kappa shape index (κ3) is 2.52. The molecule has 1 aromatic rings. The molecule has 0 saturated heterocycles. The van der Waals surface area contributed by atoms with Gasteiger partial charge in [0.2, 0.25) is 0 Å². The molecular formula is C13H14F3NO2. The van der Waals surface area contributed by atoms with Crippen LogP contribution in [0.25, 0.3) is 0 Å². The van der Waals surface area contributed by atoms with Crippen molar-refractivity contribution in [2.24, 2.45) is 0 Å². The zero-order chi connectivity index (χ0) is 14.2. The molecule has 0 aliphatic carbocycles. The van der Waals surface area contributed by atoms with Crippen LogP contribution >= 0.6 is 0 Å². The van der Waals surface area contributed by atoms with Gasteiger partial charge in [0.05, 0.1) is 13.2 Å². The fourth-order valence-electron chi connectivity index (χ4n) is 2.36. The number of carbonyl (C=O) groups excluding carboxylic acids is 1. The monoisotopic (exact) mass is 273 g/mol. The normalized spacial score (nSPS) is 19.0. The summed E-state index contributed by atoms with van der Waals surface area (Å²) < 4.78 is 42.6. The summed E-state index contributed by atoms with van der Waals surface area (Å²) in [6, 6.07) is 4.69. The second-order valence-corrected chi connectivity index (χ2v) is 4.49. The number of carbonyl (C=O) groups is 1. The van der Waals surface area contributed by atoms with Gasteiger partial charge in [0.15, 0.2) is 0 Å². The summed E-state index contributed by atoms with van der Waals surface area (Å²) in [7, 11) is 1.49. The molecule has 0 radical (unpaired) electrons. The first kappa shape index (κ1) is 13.7. The van der Waals surface area contributed by atoms with Gasteiger partial charge in [-0.1, -0.05) is 6.07 Å². The second-order valence-electron chi connectivity index (χ2n) is 4.49. The molecule has 1 aromatic carbocycles. The highest BCUT2D eigenvalue weighted by Crippen LogP contribution is 2.34. The predicted molar refractivity (Wildman–Crippen MR) is 62.9 cm³/mol. The number of alkyl halides is 3. The number of amides is 1. The SMILES string of the molecule is COc1ccc2c(c1)C(C)N(C(=O)C(F)(F)F)CC2. The van der Waals surface area contributed by atoms with Crippen molar-refractivity contribution >= 4 is 5.91 Å². The first-order valence-electron chi connectivity index (χ1n) is 5.89. The van der Waals surface area contributed by atoms with Crippen molar-refractivity contribution in [2.75, 3.05) is 13.7 Å². The molecule has 0 N–H and O–H groups in total. The quantitative estimate of drug-likeness (QED) is 0.787. The van der Waals surface area contributed by atoms with Gasteiger partial charge in [-0.2, -0.15) is 13.2 Å². The summed E-state index contributed by atoms with van der Waals surface area (Å²) in [4.78, 5) is 12.2.